The Kier molecular flexibility index (Phi) is 3.45. The van der Waals surface area contributed by atoms with Crippen LogP contribution in [-0.2, 0) is 4.74 Å². The number of pyridine rings is 1. The predicted octanol–water partition coefficient (Wildman–Crippen LogP) is 1.61. The summed E-state index contributed by atoms with van der Waals surface area (Å²) in [5.74, 6) is -0.0578. The quantitative estimate of drug-likeness (QED) is 0.855. The number of halogens is 1. The van der Waals surface area contributed by atoms with Crippen LogP contribution >= 0.6 is 11.6 Å². The molecule has 0 saturated carbocycles. The number of nitrogens with one attached hydrogen (secondary N) is 1. The second-order valence-electron chi connectivity index (χ2n) is 4.70. The first-order valence-electron chi connectivity index (χ1n) is 5.78. The SMILES string of the molecule is CC1OCCC1(C)NC(=O)c1nc(N)ccc1Cl. The van der Waals surface area contributed by atoms with E-state index in [2.05, 4.69) is 10.3 Å². The van der Waals surface area contributed by atoms with Gasteiger partial charge in [0.2, 0.25) is 0 Å². The summed E-state index contributed by atoms with van der Waals surface area (Å²) >= 11 is 5.95. The van der Waals surface area contributed by atoms with Crippen molar-refractivity contribution in [1.29, 1.82) is 0 Å². The molecule has 0 spiro atoms. The van der Waals surface area contributed by atoms with Gasteiger partial charge in [-0.05, 0) is 32.4 Å². The molecular weight excluding hydrogens is 254 g/mol. The van der Waals surface area contributed by atoms with Crippen molar-refractivity contribution < 1.29 is 9.53 Å². The van der Waals surface area contributed by atoms with Crippen LogP contribution in [0.1, 0.15) is 30.8 Å². The van der Waals surface area contributed by atoms with Crippen molar-refractivity contribution in [3.8, 4) is 0 Å². The molecule has 5 nitrogen and oxygen atoms in total. The first-order chi connectivity index (χ1) is 8.42. The Morgan fingerprint density at radius 1 is 1.67 bits per heavy atom. The van der Waals surface area contributed by atoms with Crippen LogP contribution < -0.4 is 11.1 Å². The summed E-state index contributed by atoms with van der Waals surface area (Å²) in [5.41, 5.74) is 5.31. The molecule has 0 aliphatic carbocycles. The number of hydrogen-bond donors (Lipinski definition) is 2. The number of carbonyl (C=O) groups excluding carboxylic acids is 1. The van der Waals surface area contributed by atoms with E-state index in [4.69, 9.17) is 22.1 Å². The number of anilines is 1. The monoisotopic (exact) mass is 269 g/mol. The molecule has 0 bridgehead atoms. The second kappa shape index (κ2) is 4.74. The van der Waals surface area contributed by atoms with Crippen molar-refractivity contribution in [2.24, 2.45) is 0 Å². The zero-order valence-corrected chi connectivity index (χ0v) is 11.1. The van der Waals surface area contributed by atoms with Crippen LogP contribution in [0, 0.1) is 0 Å². The topological polar surface area (TPSA) is 77.2 Å². The number of hydrogen-bond acceptors (Lipinski definition) is 4. The Labute approximate surface area is 111 Å². The summed E-state index contributed by atoms with van der Waals surface area (Å²) in [6, 6.07) is 3.12. The van der Waals surface area contributed by atoms with Crippen molar-refractivity contribution in [3.05, 3.63) is 22.8 Å². The molecule has 2 rings (SSSR count). The van der Waals surface area contributed by atoms with Gasteiger partial charge in [-0.25, -0.2) is 4.98 Å². The van der Waals surface area contributed by atoms with E-state index < -0.39 is 5.54 Å². The number of nitrogens with two attached hydrogens (primary N) is 1. The number of nitrogens with zero attached hydrogens (tertiary/aromatic N) is 1. The van der Waals surface area contributed by atoms with E-state index in [1.807, 2.05) is 13.8 Å². The van der Waals surface area contributed by atoms with Gasteiger partial charge in [0.05, 0.1) is 16.7 Å². The summed E-state index contributed by atoms with van der Waals surface area (Å²) in [6.07, 6.45) is 0.723. The van der Waals surface area contributed by atoms with E-state index in [-0.39, 0.29) is 28.5 Å². The fraction of sp³-hybridized carbons (Fsp3) is 0.500. The van der Waals surface area contributed by atoms with Gasteiger partial charge >= 0.3 is 0 Å². The summed E-state index contributed by atoms with van der Waals surface area (Å²) in [5, 5.41) is 3.21. The fourth-order valence-electron chi connectivity index (χ4n) is 1.93. The van der Waals surface area contributed by atoms with Crippen LogP contribution in [0.2, 0.25) is 5.02 Å². The average Bonchev–Trinajstić information content (AvgIpc) is 2.62. The molecule has 1 aromatic heterocycles. The van der Waals surface area contributed by atoms with Crippen molar-refractivity contribution in [1.82, 2.24) is 10.3 Å². The molecule has 0 radical (unpaired) electrons. The van der Waals surface area contributed by atoms with E-state index >= 15 is 0 Å². The summed E-state index contributed by atoms with van der Waals surface area (Å²) in [4.78, 5) is 16.1. The van der Waals surface area contributed by atoms with Crippen molar-refractivity contribution in [3.63, 3.8) is 0 Å². The van der Waals surface area contributed by atoms with E-state index in [0.717, 1.165) is 6.42 Å². The molecule has 1 aliphatic heterocycles. The Bertz CT molecular complexity index is 480. The third-order valence-electron chi connectivity index (χ3n) is 3.37. The fourth-order valence-corrected chi connectivity index (χ4v) is 2.13. The van der Waals surface area contributed by atoms with Gasteiger partial charge in [-0.3, -0.25) is 4.79 Å². The lowest BCUT2D eigenvalue weighted by molar-refractivity contribution is 0.0724. The Morgan fingerprint density at radius 2 is 2.39 bits per heavy atom. The summed E-state index contributed by atoms with van der Waals surface area (Å²) in [6.45, 7) is 4.51. The smallest absolute Gasteiger partial charge is 0.272 e. The number of carbonyl (C=O) groups is 1. The van der Waals surface area contributed by atoms with Crippen LogP contribution in [0.4, 0.5) is 5.82 Å². The molecule has 1 fully saturated rings. The Hall–Kier alpha value is -1.33. The highest BCUT2D eigenvalue weighted by molar-refractivity contribution is 6.33. The van der Waals surface area contributed by atoms with Crippen LogP contribution in [-0.4, -0.2) is 29.1 Å². The normalized spacial score (nSPS) is 27.2. The van der Waals surface area contributed by atoms with Gasteiger partial charge in [0, 0.05) is 6.61 Å². The highest BCUT2D eigenvalue weighted by atomic mass is 35.5. The first kappa shape index (κ1) is 13.1. The molecule has 0 aromatic carbocycles. The molecule has 2 heterocycles. The van der Waals surface area contributed by atoms with Crippen molar-refractivity contribution >= 4 is 23.3 Å². The molecule has 1 aromatic rings. The predicted molar refractivity (Wildman–Crippen MR) is 69.6 cm³/mol. The zero-order chi connectivity index (χ0) is 13.3. The molecular formula is C12H16ClN3O2. The molecule has 1 amide bonds. The van der Waals surface area contributed by atoms with Crippen LogP contribution in [0.25, 0.3) is 0 Å². The molecule has 6 heteroatoms. The zero-order valence-electron chi connectivity index (χ0n) is 10.4. The molecule has 2 unspecified atom stereocenters. The van der Waals surface area contributed by atoms with Gasteiger partial charge in [0.25, 0.3) is 5.91 Å². The van der Waals surface area contributed by atoms with Gasteiger partial charge in [-0.2, -0.15) is 0 Å². The van der Waals surface area contributed by atoms with E-state index in [0.29, 0.717) is 6.61 Å². The average molecular weight is 270 g/mol. The van der Waals surface area contributed by atoms with E-state index in [9.17, 15) is 4.79 Å². The van der Waals surface area contributed by atoms with Crippen molar-refractivity contribution in [2.75, 3.05) is 12.3 Å². The van der Waals surface area contributed by atoms with Gasteiger partial charge in [-0.15, -0.1) is 0 Å². The number of rotatable bonds is 2. The lowest BCUT2D eigenvalue weighted by Crippen LogP contribution is -2.50. The first-order valence-corrected chi connectivity index (χ1v) is 6.16. The van der Waals surface area contributed by atoms with Crippen molar-refractivity contribution in [2.45, 2.75) is 31.9 Å². The Morgan fingerprint density at radius 3 is 3.00 bits per heavy atom. The summed E-state index contributed by atoms with van der Waals surface area (Å²) in [7, 11) is 0. The van der Waals surface area contributed by atoms with Crippen LogP contribution in [0.15, 0.2) is 12.1 Å². The molecule has 3 N–H and O–H groups in total. The molecule has 18 heavy (non-hydrogen) atoms. The number of amides is 1. The molecule has 98 valence electrons. The maximum absolute atomic E-state index is 12.2. The van der Waals surface area contributed by atoms with Gasteiger partial charge < -0.3 is 15.8 Å². The minimum atomic E-state index is -0.396. The number of ether oxygens (including phenoxy) is 1. The highest BCUT2D eigenvalue weighted by Crippen LogP contribution is 2.26. The van der Waals surface area contributed by atoms with Crippen LogP contribution in [0.3, 0.4) is 0 Å². The largest absolute Gasteiger partial charge is 0.384 e. The second-order valence-corrected chi connectivity index (χ2v) is 5.11. The molecule has 1 aliphatic rings. The minimum Gasteiger partial charge on any atom is -0.384 e. The number of aromatic nitrogens is 1. The van der Waals surface area contributed by atoms with E-state index in [1.54, 1.807) is 12.1 Å². The Balaban J connectivity index is 2.19. The lowest BCUT2D eigenvalue weighted by Gasteiger charge is -2.28. The van der Waals surface area contributed by atoms with Crippen LogP contribution in [0.5, 0.6) is 0 Å². The van der Waals surface area contributed by atoms with Gasteiger partial charge in [0.15, 0.2) is 0 Å². The standard InChI is InChI=1S/C12H16ClN3O2/c1-7-12(2,5-6-18-7)16-11(17)10-8(13)3-4-9(14)15-10/h3-4,7H,5-6H2,1-2H3,(H2,14,15)(H,16,17). The molecule has 2 atom stereocenters. The van der Waals surface area contributed by atoms with Gasteiger partial charge in [-0.1, -0.05) is 11.6 Å². The highest BCUT2D eigenvalue weighted by Gasteiger charge is 2.38. The maximum atomic E-state index is 12.2. The molecule has 1 saturated heterocycles. The third-order valence-corrected chi connectivity index (χ3v) is 3.67. The third kappa shape index (κ3) is 2.42. The summed E-state index contributed by atoms with van der Waals surface area (Å²) < 4.78 is 5.47. The lowest BCUT2D eigenvalue weighted by atomic mass is 9.94. The van der Waals surface area contributed by atoms with Gasteiger partial charge in [0.1, 0.15) is 11.5 Å². The number of nitrogen functional groups attached to an aromatic ring is 1. The maximum Gasteiger partial charge on any atom is 0.272 e. The minimum absolute atomic E-state index is 0.0405. The van der Waals surface area contributed by atoms with E-state index in [1.165, 1.54) is 0 Å².